The molecule has 1 unspecified atom stereocenters. The molecule has 1 aromatic heterocycles. The molecule has 0 aliphatic heterocycles. The maximum Gasteiger partial charge on any atom is 0.123 e. The first-order valence-corrected chi connectivity index (χ1v) is 8.37. The molecule has 0 aliphatic carbocycles. The number of halogens is 2. The van der Waals surface area contributed by atoms with Crippen LogP contribution >= 0.6 is 12.4 Å². The van der Waals surface area contributed by atoms with Crippen LogP contribution in [0.2, 0.25) is 0 Å². The van der Waals surface area contributed by atoms with Gasteiger partial charge < -0.3 is 0 Å². The average Bonchev–Trinajstić information content (AvgIpc) is 2.59. The van der Waals surface area contributed by atoms with Crippen molar-refractivity contribution in [3.8, 4) is 11.1 Å². The molecule has 0 radical (unpaired) electrons. The number of aromatic nitrogens is 1. The molecule has 0 N–H and O–H groups in total. The highest BCUT2D eigenvalue weighted by atomic mass is 35.5. The molecule has 1 heterocycles. The standard InChI is InChI=1S/C21H22FN.ClH/c1-3-6-15(4-2)17-9-10-18-11-19(14-23-21(18)13-17)16-7-5-8-20(22)12-16;/h5,7-15H,3-4,6H2,1-2H3;1H. The molecule has 0 aliphatic rings. The van der Waals surface area contributed by atoms with E-state index in [-0.39, 0.29) is 18.2 Å². The second-order valence-electron chi connectivity index (χ2n) is 6.08. The Hall–Kier alpha value is -1.93. The first-order valence-electron chi connectivity index (χ1n) is 8.37. The maximum atomic E-state index is 13.4. The number of nitrogens with zero attached hydrogens (tertiary/aromatic N) is 1. The van der Waals surface area contributed by atoms with E-state index in [1.165, 1.54) is 24.5 Å². The van der Waals surface area contributed by atoms with E-state index in [2.05, 4.69) is 43.1 Å². The predicted molar refractivity (Wildman–Crippen MR) is 102 cm³/mol. The van der Waals surface area contributed by atoms with Crippen LogP contribution in [-0.2, 0) is 0 Å². The van der Waals surface area contributed by atoms with Gasteiger partial charge in [0, 0.05) is 17.1 Å². The highest BCUT2D eigenvalue weighted by molar-refractivity contribution is 5.85. The van der Waals surface area contributed by atoms with Crippen molar-refractivity contribution in [1.82, 2.24) is 4.98 Å². The van der Waals surface area contributed by atoms with Gasteiger partial charge in [-0.1, -0.05) is 44.5 Å². The molecule has 1 atom stereocenters. The lowest BCUT2D eigenvalue weighted by Crippen LogP contribution is -1.97. The number of fused-ring (bicyclic) bond motifs is 1. The van der Waals surface area contributed by atoms with Crippen LogP contribution in [-0.4, -0.2) is 4.98 Å². The summed E-state index contributed by atoms with van der Waals surface area (Å²) in [5, 5.41) is 1.10. The van der Waals surface area contributed by atoms with Crippen LogP contribution in [0.1, 0.15) is 44.6 Å². The average molecular weight is 344 g/mol. The van der Waals surface area contributed by atoms with Crippen LogP contribution in [0.4, 0.5) is 4.39 Å². The molecule has 24 heavy (non-hydrogen) atoms. The minimum Gasteiger partial charge on any atom is -0.256 e. The highest BCUT2D eigenvalue weighted by Crippen LogP contribution is 2.29. The molecular weight excluding hydrogens is 321 g/mol. The Morgan fingerprint density at radius 3 is 2.54 bits per heavy atom. The van der Waals surface area contributed by atoms with E-state index in [9.17, 15) is 4.39 Å². The molecule has 3 heteroatoms. The van der Waals surface area contributed by atoms with Gasteiger partial charge in [0.05, 0.1) is 5.52 Å². The smallest absolute Gasteiger partial charge is 0.123 e. The summed E-state index contributed by atoms with van der Waals surface area (Å²) < 4.78 is 13.4. The molecule has 0 saturated carbocycles. The number of benzene rings is 2. The van der Waals surface area contributed by atoms with Gasteiger partial charge in [-0.3, -0.25) is 4.98 Å². The van der Waals surface area contributed by atoms with Gasteiger partial charge in [-0.2, -0.15) is 0 Å². The molecule has 3 aromatic rings. The van der Waals surface area contributed by atoms with Crippen molar-refractivity contribution in [2.45, 2.75) is 39.0 Å². The largest absolute Gasteiger partial charge is 0.256 e. The molecular formula is C21H23ClFN. The predicted octanol–water partition coefficient (Wildman–Crippen LogP) is 6.76. The van der Waals surface area contributed by atoms with E-state index in [1.54, 1.807) is 12.1 Å². The summed E-state index contributed by atoms with van der Waals surface area (Å²) in [7, 11) is 0. The summed E-state index contributed by atoms with van der Waals surface area (Å²) in [4.78, 5) is 4.60. The number of pyridine rings is 1. The van der Waals surface area contributed by atoms with Crippen molar-refractivity contribution in [1.29, 1.82) is 0 Å². The van der Waals surface area contributed by atoms with Crippen LogP contribution in [0, 0.1) is 5.82 Å². The second-order valence-corrected chi connectivity index (χ2v) is 6.08. The number of hydrogen-bond acceptors (Lipinski definition) is 1. The summed E-state index contributed by atoms with van der Waals surface area (Å²) in [5.41, 5.74) is 4.19. The quantitative estimate of drug-likeness (QED) is 0.499. The van der Waals surface area contributed by atoms with Crippen molar-refractivity contribution in [3.63, 3.8) is 0 Å². The SMILES string of the molecule is CCCC(CC)c1ccc2cc(-c3cccc(F)c3)cnc2c1.Cl. The van der Waals surface area contributed by atoms with Crippen molar-refractivity contribution < 1.29 is 4.39 Å². The van der Waals surface area contributed by atoms with Crippen LogP contribution in [0.5, 0.6) is 0 Å². The van der Waals surface area contributed by atoms with E-state index < -0.39 is 0 Å². The first kappa shape index (κ1) is 18.4. The zero-order chi connectivity index (χ0) is 16.2. The molecule has 0 saturated heterocycles. The lowest BCUT2D eigenvalue weighted by Gasteiger charge is -2.15. The van der Waals surface area contributed by atoms with E-state index >= 15 is 0 Å². The van der Waals surface area contributed by atoms with E-state index in [4.69, 9.17) is 0 Å². The van der Waals surface area contributed by atoms with Gasteiger partial charge in [0.2, 0.25) is 0 Å². The zero-order valence-corrected chi connectivity index (χ0v) is 14.9. The van der Waals surface area contributed by atoms with Crippen molar-refractivity contribution in [2.75, 3.05) is 0 Å². The fraction of sp³-hybridized carbons (Fsp3) is 0.286. The highest BCUT2D eigenvalue weighted by Gasteiger charge is 2.10. The number of hydrogen-bond donors (Lipinski definition) is 0. The first-order chi connectivity index (χ1) is 11.2. The third-order valence-corrected chi connectivity index (χ3v) is 4.47. The monoisotopic (exact) mass is 343 g/mol. The van der Waals surface area contributed by atoms with E-state index in [0.717, 1.165) is 28.5 Å². The van der Waals surface area contributed by atoms with Crippen molar-refractivity contribution in [3.05, 3.63) is 66.1 Å². The molecule has 0 fully saturated rings. The van der Waals surface area contributed by atoms with E-state index in [1.807, 2.05) is 12.3 Å². The van der Waals surface area contributed by atoms with E-state index in [0.29, 0.717) is 5.92 Å². The molecule has 2 aromatic carbocycles. The van der Waals surface area contributed by atoms with Gasteiger partial charge in [0.15, 0.2) is 0 Å². The van der Waals surface area contributed by atoms with Gasteiger partial charge in [-0.15, -0.1) is 12.4 Å². The topological polar surface area (TPSA) is 12.9 Å². The summed E-state index contributed by atoms with van der Waals surface area (Å²) in [6, 6.07) is 15.3. The lowest BCUT2D eigenvalue weighted by atomic mass is 9.91. The molecule has 1 nitrogen and oxygen atoms in total. The summed E-state index contributed by atoms with van der Waals surface area (Å²) in [6.45, 7) is 4.47. The van der Waals surface area contributed by atoms with Crippen molar-refractivity contribution >= 4 is 23.3 Å². The Morgan fingerprint density at radius 1 is 1.00 bits per heavy atom. The minimum atomic E-state index is -0.219. The van der Waals surface area contributed by atoms with Gasteiger partial charge >= 0.3 is 0 Å². The van der Waals surface area contributed by atoms with Crippen LogP contribution < -0.4 is 0 Å². The van der Waals surface area contributed by atoms with Gasteiger partial charge in [0.25, 0.3) is 0 Å². The van der Waals surface area contributed by atoms with Gasteiger partial charge in [-0.05, 0) is 54.2 Å². The second kappa shape index (κ2) is 8.25. The zero-order valence-electron chi connectivity index (χ0n) is 14.1. The van der Waals surface area contributed by atoms with Gasteiger partial charge in [0.1, 0.15) is 5.82 Å². The van der Waals surface area contributed by atoms with Crippen molar-refractivity contribution in [2.24, 2.45) is 0 Å². The fourth-order valence-electron chi connectivity index (χ4n) is 3.17. The number of rotatable bonds is 5. The minimum absolute atomic E-state index is 0. The van der Waals surface area contributed by atoms with Crippen LogP contribution in [0.15, 0.2) is 54.7 Å². The summed E-state index contributed by atoms with van der Waals surface area (Å²) in [6.07, 6.45) is 5.40. The van der Waals surface area contributed by atoms with Crippen LogP contribution in [0.25, 0.3) is 22.0 Å². The molecule has 0 amide bonds. The third kappa shape index (κ3) is 3.93. The fourth-order valence-corrected chi connectivity index (χ4v) is 3.17. The molecule has 126 valence electrons. The Kier molecular flexibility index (Phi) is 6.33. The molecule has 3 rings (SSSR count). The molecule has 0 bridgehead atoms. The third-order valence-electron chi connectivity index (χ3n) is 4.47. The summed E-state index contributed by atoms with van der Waals surface area (Å²) >= 11 is 0. The summed E-state index contributed by atoms with van der Waals surface area (Å²) in [5.74, 6) is 0.386. The normalized spacial score (nSPS) is 12.0. The van der Waals surface area contributed by atoms with Gasteiger partial charge in [-0.25, -0.2) is 4.39 Å². The maximum absolute atomic E-state index is 13.4. The lowest BCUT2D eigenvalue weighted by molar-refractivity contribution is 0.596. The Labute approximate surface area is 149 Å². The van der Waals surface area contributed by atoms with Crippen LogP contribution in [0.3, 0.4) is 0 Å². The Morgan fingerprint density at radius 2 is 1.83 bits per heavy atom. The Balaban J connectivity index is 0.00000208. The molecule has 0 spiro atoms. The Bertz CT molecular complexity index is 816.